The van der Waals surface area contributed by atoms with E-state index in [0.29, 0.717) is 5.56 Å². The minimum atomic E-state index is -1.30. The summed E-state index contributed by atoms with van der Waals surface area (Å²) < 4.78 is 8.97. The number of ether oxygens (including phenoxy) is 2. The van der Waals surface area contributed by atoms with E-state index in [2.05, 4.69) is 14.8 Å². The summed E-state index contributed by atoms with van der Waals surface area (Å²) in [5.41, 5.74) is 0.534. The summed E-state index contributed by atoms with van der Waals surface area (Å²) in [6.07, 6.45) is 0. The molecule has 1 aromatic rings. The fourth-order valence-corrected chi connectivity index (χ4v) is 1.59. The number of carbonyl (C=O) groups excluding carboxylic acids is 2. The molecule has 1 aromatic carbocycles. The van der Waals surface area contributed by atoms with Gasteiger partial charge in [0.05, 0.1) is 19.8 Å². The molecule has 0 unspecified atom stereocenters. The van der Waals surface area contributed by atoms with E-state index in [1.807, 2.05) is 0 Å². The first kappa shape index (κ1) is 15.6. The van der Waals surface area contributed by atoms with Crippen molar-refractivity contribution in [2.24, 2.45) is 0 Å². The van der Waals surface area contributed by atoms with Crippen molar-refractivity contribution >= 4 is 17.9 Å². The average Bonchev–Trinajstić information content (AvgIpc) is 2.46. The van der Waals surface area contributed by atoms with Crippen LogP contribution in [-0.4, -0.2) is 43.3 Å². The average molecular weight is 281 g/mol. The van der Waals surface area contributed by atoms with Crippen molar-refractivity contribution in [1.82, 2.24) is 5.32 Å². The maximum Gasteiger partial charge on any atom is 0.336 e. The van der Waals surface area contributed by atoms with Gasteiger partial charge in [0, 0.05) is 6.54 Å². The molecule has 20 heavy (non-hydrogen) atoms. The van der Waals surface area contributed by atoms with Gasteiger partial charge < -0.3 is 14.6 Å². The number of carboxylic acids is 1. The van der Waals surface area contributed by atoms with E-state index < -0.39 is 23.9 Å². The molecule has 0 amide bonds. The molecule has 0 bridgehead atoms. The highest BCUT2D eigenvalue weighted by molar-refractivity contribution is 5.99. The van der Waals surface area contributed by atoms with Crippen molar-refractivity contribution in [3.8, 4) is 0 Å². The second-order valence-corrected chi connectivity index (χ2v) is 3.82. The summed E-state index contributed by atoms with van der Waals surface area (Å²) >= 11 is 0. The van der Waals surface area contributed by atoms with Crippen molar-refractivity contribution in [2.75, 3.05) is 14.2 Å². The fourth-order valence-electron chi connectivity index (χ4n) is 1.59. The Morgan fingerprint density at radius 3 is 2.20 bits per heavy atom. The summed E-state index contributed by atoms with van der Waals surface area (Å²) in [6.45, 7) is 0.0112. The number of hydrogen-bond acceptors (Lipinski definition) is 6. The van der Waals surface area contributed by atoms with Crippen LogP contribution in [0.1, 0.15) is 15.9 Å². The third kappa shape index (κ3) is 3.79. The molecular weight excluding hydrogens is 266 g/mol. The Morgan fingerprint density at radius 2 is 1.70 bits per heavy atom. The topological polar surface area (TPSA) is 102 Å². The molecule has 2 N–H and O–H groups in total. The second kappa shape index (κ2) is 7.25. The van der Waals surface area contributed by atoms with Gasteiger partial charge in [0.1, 0.15) is 0 Å². The molecule has 0 aromatic heterocycles. The van der Waals surface area contributed by atoms with Crippen LogP contribution >= 0.6 is 0 Å². The SMILES string of the molecule is COC(=O)C(NCc1ccccc1C(=O)O)C(=O)OC. The predicted octanol–water partition coefficient (Wildman–Crippen LogP) is 0.189. The standard InChI is InChI=1S/C13H15NO6/c1-19-12(17)10(13(18)20-2)14-7-8-5-3-4-6-9(8)11(15)16/h3-6,10,14H,7H2,1-2H3,(H,15,16). The van der Waals surface area contributed by atoms with Crippen molar-refractivity contribution in [3.63, 3.8) is 0 Å². The van der Waals surface area contributed by atoms with Gasteiger partial charge in [-0.3, -0.25) is 5.32 Å². The van der Waals surface area contributed by atoms with Crippen LogP contribution in [0.25, 0.3) is 0 Å². The zero-order valence-electron chi connectivity index (χ0n) is 11.1. The summed E-state index contributed by atoms with van der Waals surface area (Å²) in [5.74, 6) is -2.69. The summed E-state index contributed by atoms with van der Waals surface area (Å²) in [7, 11) is 2.29. The van der Waals surface area contributed by atoms with Gasteiger partial charge in [-0.1, -0.05) is 18.2 Å². The van der Waals surface area contributed by atoms with Crippen molar-refractivity contribution in [1.29, 1.82) is 0 Å². The number of aromatic carboxylic acids is 1. The number of nitrogens with one attached hydrogen (secondary N) is 1. The van der Waals surface area contributed by atoms with Gasteiger partial charge >= 0.3 is 17.9 Å². The molecule has 7 heteroatoms. The van der Waals surface area contributed by atoms with Crippen LogP contribution < -0.4 is 5.32 Å². The number of carbonyl (C=O) groups is 3. The molecule has 0 aliphatic carbocycles. The third-order valence-electron chi connectivity index (χ3n) is 2.62. The maximum absolute atomic E-state index is 11.5. The lowest BCUT2D eigenvalue weighted by Crippen LogP contribution is -2.44. The second-order valence-electron chi connectivity index (χ2n) is 3.82. The minimum absolute atomic E-state index is 0.0112. The monoisotopic (exact) mass is 281 g/mol. The molecule has 108 valence electrons. The van der Waals surface area contributed by atoms with Crippen LogP contribution in [0.2, 0.25) is 0 Å². The Bertz CT molecular complexity index is 497. The smallest absolute Gasteiger partial charge is 0.336 e. The van der Waals surface area contributed by atoms with E-state index in [1.165, 1.54) is 6.07 Å². The number of esters is 2. The summed E-state index contributed by atoms with van der Waals surface area (Å²) in [6, 6.07) is 4.97. The molecule has 0 aliphatic heterocycles. The lowest BCUT2D eigenvalue weighted by atomic mass is 10.1. The zero-order valence-corrected chi connectivity index (χ0v) is 11.1. The Hall–Kier alpha value is -2.41. The summed E-state index contributed by atoms with van der Waals surface area (Å²) in [5, 5.41) is 11.7. The van der Waals surface area contributed by atoms with Gasteiger partial charge in [0.25, 0.3) is 0 Å². The molecule has 0 heterocycles. The van der Waals surface area contributed by atoms with E-state index in [9.17, 15) is 14.4 Å². The van der Waals surface area contributed by atoms with E-state index in [0.717, 1.165) is 14.2 Å². The number of rotatable bonds is 6. The lowest BCUT2D eigenvalue weighted by Gasteiger charge is -2.15. The molecule has 7 nitrogen and oxygen atoms in total. The highest BCUT2D eigenvalue weighted by Gasteiger charge is 2.28. The maximum atomic E-state index is 11.5. The largest absolute Gasteiger partial charge is 0.478 e. The predicted molar refractivity (Wildman–Crippen MR) is 68.1 cm³/mol. The van der Waals surface area contributed by atoms with Crippen molar-refractivity contribution in [2.45, 2.75) is 12.6 Å². The molecule has 0 saturated carbocycles. The van der Waals surface area contributed by atoms with Gasteiger partial charge in [-0.2, -0.15) is 0 Å². The molecule has 0 radical (unpaired) electrons. The number of methoxy groups -OCH3 is 2. The molecule has 0 saturated heterocycles. The number of carboxylic acid groups (broad SMARTS) is 1. The van der Waals surface area contributed by atoms with Gasteiger partial charge in [0.2, 0.25) is 6.04 Å². The Labute approximate surface area is 115 Å². The third-order valence-corrected chi connectivity index (χ3v) is 2.62. The Kier molecular flexibility index (Phi) is 5.67. The van der Waals surface area contributed by atoms with E-state index in [4.69, 9.17) is 5.11 Å². The van der Waals surface area contributed by atoms with E-state index >= 15 is 0 Å². The molecule has 0 spiro atoms. The van der Waals surface area contributed by atoms with Crippen LogP contribution in [0.15, 0.2) is 24.3 Å². The zero-order chi connectivity index (χ0) is 15.1. The Balaban J connectivity index is 2.85. The molecular formula is C13H15NO6. The van der Waals surface area contributed by atoms with E-state index in [1.54, 1.807) is 18.2 Å². The van der Waals surface area contributed by atoms with E-state index in [-0.39, 0.29) is 12.1 Å². The fraction of sp³-hybridized carbons (Fsp3) is 0.308. The highest BCUT2D eigenvalue weighted by Crippen LogP contribution is 2.09. The molecule has 0 atom stereocenters. The Morgan fingerprint density at radius 1 is 1.15 bits per heavy atom. The van der Waals surface area contributed by atoms with Gasteiger partial charge in [0.15, 0.2) is 0 Å². The van der Waals surface area contributed by atoms with Gasteiger partial charge in [-0.05, 0) is 11.6 Å². The first-order valence-electron chi connectivity index (χ1n) is 5.71. The number of benzene rings is 1. The number of hydrogen-bond donors (Lipinski definition) is 2. The van der Waals surface area contributed by atoms with Crippen molar-refractivity contribution in [3.05, 3.63) is 35.4 Å². The first-order chi connectivity index (χ1) is 9.51. The van der Waals surface area contributed by atoms with Crippen LogP contribution in [0.3, 0.4) is 0 Å². The van der Waals surface area contributed by atoms with Crippen LogP contribution in [0.5, 0.6) is 0 Å². The van der Waals surface area contributed by atoms with Crippen molar-refractivity contribution < 1.29 is 29.0 Å². The highest BCUT2D eigenvalue weighted by atomic mass is 16.5. The summed E-state index contributed by atoms with van der Waals surface area (Å²) in [4.78, 5) is 33.9. The van der Waals surface area contributed by atoms with Crippen LogP contribution in [-0.2, 0) is 25.6 Å². The molecule has 0 fully saturated rings. The van der Waals surface area contributed by atoms with Crippen LogP contribution in [0, 0.1) is 0 Å². The normalized spacial score (nSPS) is 10.2. The lowest BCUT2D eigenvalue weighted by molar-refractivity contribution is -0.155. The van der Waals surface area contributed by atoms with Gasteiger partial charge in [-0.15, -0.1) is 0 Å². The molecule has 1 rings (SSSR count). The molecule has 0 aliphatic rings. The van der Waals surface area contributed by atoms with Crippen LogP contribution in [0.4, 0.5) is 0 Å². The minimum Gasteiger partial charge on any atom is -0.478 e. The quantitative estimate of drug-likeness (QED) is 0.566. The first-order valence-corrected chi connectivity index (χ1v) is 5.71. The van der Waals surface area contributed by atoms with Gasteiger partial charge in [-0.25, -0.2) is 14.4 Å².